The smallest absolute Gasteiger partial charge is 0.543 e. The van der Waals surface area contributed by atoms with Crippen molar-refractivity contribution in [3.8, 4) is 0 Å². The molecule has 1 fully saturated rings. The summed E-state index contributed by atoms with van der Waals surface area (Å²) in [5.41, 5.74) is -0.709. The first-order valence-corrected chi connectivity index (χ1v) is 13.4. The molecule has 2 aliphatic rings. The number of amides is 2. The number of nitrogens with one attached hydrogen (secondary N) is 2. The topological polar surface area (TPSA) is 157 Å². The van der Waals surface area contributed by atoms with Crippen molar-refractivity contribution in [1.29, 1.82) is 0 Å². The molecule has 1 saturated heterocycles. The van der Waals surface area contributed by atoms with Gasteiger partial charge >= 0.3 is 40.7 Å². The van der Waals surface area contributed by atoms with Crippen molar-refractivity contribution < 1.29 is 49.0 Å². The number of halogens is 1. The van der Waals surface area contributed by atoms with Crippen LogP contribution in [0.2, 0.25) is 0 Å². The molecule has 1 aromatic carbocycles. The molecule has 2 aliphatic heterocycles. The van der Waals surface area contributed by atoms with Crippen LogP contribution in [-0.4, -0.2) is 60.4 Å². The van der Waals surface area contributed by atoms with Crippen molar-refractivity contribution in [2.45, 2.75) is 34.9 Å². The zero-order valence-corrected chi connectivity index (χ0v) is 24.4. The fourth-order valence-electron chi connectivity index (χ4n) is 3.74. The minimum absolute atomic E-state index is 0. The maximum atomic E-state index is 12.9. The standard InChI is InChI=1S/C21H20BrN5O6S2.Na/c1-2-26-18(31)16(29)24-25-21(26)35-9-11-8-34-19-13(17(30)27(19)14(11)20(32)33)23-15(28)12(22)10-6-4-3-5-7-10;/h3-7,12-13,19H,2,8-9H2,1H3,(H,23,28)(H,24,29)(H,32,33);/q;+1/p-1/t12?,13-,19+;/m1./s1. The molecule has 2 aromatic rings. The summed E-state index contributed by atoms with van der Waals surface area (Å²) in [4.78, 5) is 61.5. The summed E-state index contributed by atoms with van der Waals surface area (Å²) in [6, 6.07) is 8.10. The molecule has 15 heteroatoms. The largest absolute Gasteiger partial charge is 1.00 e. The number of carboxylic acids is 1. The Bertz CT molecular complexity index is 1330. The molecule has 11 nitrogen and oxygen atoms in total. The molecule has 0 bridgehead atoms. The van der Waals surface area contributed by atoms with E-state index >= 15 is 0 Å². The summed E-state index contributed by atoms with van der Waals surface area (Å²) in [5, 5.41) is 20.3. The first kappa shape index (κ1) is 28.7. The number of alkyl halides is 1. The third kappa shape index (κ3) is 5.53. The first-order valence-electron chi connectivity index (χ1n) is 10.4. The first-order chi connectivity index (χ1) is 16.7. The Morgan fingerprint density at radius 2 is 2.00 bits per heavy atom. The second kappa shape index (κ2) is 12.1. The number of nitrogens with zero attached hydrogens (tertiary/aromatic N) is 3. The van der Waals surface area contributed by atoms with Crippen molar-refractivity contribution in [3.05, 3.63) is 67.9 Å². The van der Waals surface area contributed by atoms with Crippen molar-refractivity contribution >= 4 is 57.2 Å². The van der Waals surface area contributed by atoms with E-state index in [1.807, 2.05) is 6.07 Å². The van der Waals surface area contributed by atoms with E-state index in [4.69, 9.17) is 0 Å². The van der Waals surface area contributed by atoms with Crippen LogP contribution in [0.15, 0.2) is 56.3 Å². The van der Waals surface area contributed by atoms with Gasteiger partial charge in [-0.15, -0.1) is 16.9 Å². The van der Waals surface area contributed by atoms with Crippen LogP contribution in [0.25, 0.3) is 0 Å². The Kier molecular flexibility index (Phi) is 9.68. The van der Waals surface area contributed by atoms with E-state index in [1.54, 1.807) is 31.2 Å². The Morgan fingerprint density at radius 3 is 2.64 bits per heavy atom. The van der Waals surface area contributed by atoms with Crippen LogP contribution < -0.4 is 51.1 Å². The van der Waals surface area contributed by atoms with E-state index in [0.717, 1.165) is 22.2 Å². The molecule has 0 spiro atoms. The number of benzene rings is 1. The number of aromatic nitrogens is 3. The Hall–Kier alpha value is -1.84. The predicted molar refractivity (Wildman–Crippen MR) is 131 cm³/mol. The van der Waals surface area contributed by atoms with E-state index in [9.17, 15) is 29.1 Å². The molecule has 1 aromatic heterocycles. The monoisotopic (exact) mass is 603 g/mol. The van der Waals surface area contributed by atoms with Crippen LogP contribution in [0.5, 0.6) is 0 Å². The second-order valence-corrected chi connectivity index (χ2v) is 10.5. The molecule has 2 N–H and O–H groups in total. The van der Waals surface area contributed by atoms with Crippen molar-refractivity contribution in [3.63, 3.8) is 0 Å². The van der Waals surface area contributed by atoms with Gasteiger partial charge in [-0.05, 0) is 18.1 Å². The van der Waals surface area contributed by atoms with Gasteiger partial charge in [-0.2, -0.15) is 0 Å². The van der Waals surface area contributed by atoms with Gasteiger partial charge < -0.3 is 15.2 Å². The molecule has 2 amide bonds. The maximum Gasteiger partial charge on any atom is 1.00 e. The fourth-order valence-corrected chi connectivity index (χ4v) is 6.67. The average molecular weight is 604 g/mol. The van der Waals surface area contributed by atoms with Crippen molar-refractivity contribution in [2.24, 2.45) is 0 Å². The third-order valence-electron chi connectivity index (χ3n) is 5.48. The summed E-state index contributed by atoms with van der Waals surface area (Å²) in [7, 11) is 0. The molecule has 36 heavy (non-hydrogen) atoms. The number of thioether (sulfide) groups is 2. The summed E-state index contributed by atoms with van der Waals surface area (Å²) in [6.07, 6.45) is 0. The molecule has 184 valence electrons. The number of hydrogen-bond acceptors (Lipinski definition) is 9. The number of carbonyl (C=O) groups is 3. The van der Waals surface area contributed by atoms with Crippen LogP contribution in [0.3, 0.4) is 0 Å². The van der Waals surface area contributed by atoms with E-state index in [2.05, 4.69) is 31.4 Å². The number of β-lactam (4-membered cyclic amide) rings is 1. The third-order valence-corrected chi connectivity index (χ3v) is 8.82. The minimum Gasteiger partial charge on any atom is -0.543 e. The van der Waals surface area contributed by atoms with Gasteiger partial charge in [-0.25, -0.2) is 5.10 Å². The van der Waals surface area contributed by atoms with Crippen LogP contribution >= 0.6 is 39.5 Å². The molecular formula is C21H19BrN5NaO6S2. The molecule has 0 radical (unpaired) electrons. The SMILES string of the molecule is CCn1c(SCC2=C(C(=O)[O-])N3C(=O)[C@@H](NC(=O)C(Br)c4ccccc4)[C@@H]3SC2)n[nH]c(=O)c1=O.[Na+]. The molecule has 3 atom stereocenters. The van der Waals surface area contributed by atoms with Gasteiger partial charge in [0.25, 0.3) is 5.91 Å². The summed E-state index contributed by atoms with van der Waals surface area (Å²) < 4.78 is 1.19. The predicted octanol–water partition coefficient (Wildman–Crippen LogP) is -3.41. The molecule has 0 aliphatic carbocycles. The van der Waals surface area contributed by atoms with Gasteiger partial charge in [0, 0.05) is 18.1 Å². The Morgan fingerprint density at radius 1 is 1.31 bits per heavy atom. The molecule has 1 unspecified atom stereocenters. The van der Waals surface area contributed by atoms with Crippen LogP contribution in [-0.2, 0) is 20.9 Å². The molecular weight excluding hydrogens is 585 g/mol. The number of aromatic amines is 1. The van der Waals surface area contributed by atoms with Gasteiger partial charge in [0.05, 0.1) is 11.7 Å². The second-order valence-electron chi connectivity index (χ2n) is 7.58. The summed E-state index contributed by atoms with van der Waals surface area (Å²) in [6.45, 7) is 1.90. The summed E-state index contributed by atoms with van der Waals surface area (Å²) in [5.74, 6) is -2.07. The quantitative estimate of drug-likeness (QED) is 0.103. The van der Waals surface area contributed by atoms with E-state index in [0.29, 0.717) is 5.57 Å². The maximum absolute atomic E-state index is 12.9. The van der Waals surface area contributed by atoms with Crippen LogP contribution in [0, 0.1) is 0 Å². The average Bonchev–Trinajstić information content (AvgIpc) is 2.87. The number of carbonyl (C=O) groups excluding carboxylic acids is 3. The van der Waals surface area contributed by atoms with Gasteiger partial charge in [0.15, 0.2) is 5.16 Å². The minimum atomic E-state index is -1.51. The molecule has 4 rings (SSSR count). The number of carboxylic acid groups (broad SMARTS) is 1. The van der Waals surface area contributed by atoms with Crippen LogP contribution in [0.1, 0.15) is 17.3 Å². The van der Waals surface area contributed by atoms with Crippen molar-refractivity contribution in [2.75, 3.05) is 11.5 Å². The number of hydrogen-bond donors (Lipinski definition) is 2. The number of aliphatic carboxylic acids is 1. The van der Waals surface area contributed by atoms with Gasteiger partial charge in [0.1, 0.15) is 16.2 Å². The number of fused-ring (bicyclic) bond motifs is 1. The van der Waals surface area contributed by atoms with E-state index in [-0.39, 0.29) is 58.5 Å². The normalized spacial score (nSPS) is 19.6. The molecule has 3 heterocycles. The number of rotatable bonds is 8. The van der Waals surface area contributed by atoms with Crippen LogP contribution in [0.4, 0.5) is 0 Å². The number of H-pyrrole nitrogens is 1. The summed E-state index contributed by atoms with van der Waals surface area (Å²) >= 11 is 5.73. The fraction of sp³-hybridized carbons (Fsp3) is 0.333. The van der Waals surface area contributed by atoms with E-state index < -0.39 is 45.1 Å². The molecule has 0 saturated carbocycles. The van der Waals surface area contributed by atoms with Gasteiger partial charge in [0.2, 0.25) is 5.91 Å². The van der Waals surface area contributed by atoms with Crippen molar-refractivity contribution in [1.82, 2.24) is 25.0 Å². The van der Waals surface area contributed by atoms with Gasteiger partial charge in [-0.1, -0.05) is 58.0 Å². The zero-order valence-electron chi connectivity index (χ0n) is 19.2. The zero-order chi connectivity index (χ0) is 25.3. The Balaban J connectivity index is 0.00000361. The Labute approximate surface area is 243 Å². The van der Waals surface area contributed by atoms with E-state index in [1.165, 1.54) is 16.3 Å². The van der Waals surface area contributed by atoms with Gasteiger partial charge in [-0.3, -0.25) is 28.6 Å².